The van der Waals surface area contributed by atoms with Crippen molar-refractivity contribution in [1.82, 2.24) is 19.4 Å². The van der Waals surface area contributed by atoms with Gasteiger partial charge in [0.25, 0.3) is 5.91 Å². The highest BCUT2D eigenvalue weighted by molar-refractivity contribution is 6.05. The van der Waals surface area contributed by atoms with Crippen molar-refractivity contribution in [3.63, 3.8) is 0 Å². The Bertz CT molecular complexity index is 1150. The minimum Gasteiger partial charge on any atom is -0.450 e. The molecule has 1 aliphatic rings. The number of hydrogen-bond donors (Lipinski definition) is 1. The van der Waals surface area contributed by atoms with E-state index in [-0.39, 0.29) is 12.0 Å². The average molecular weight is 450 g/mol. The molecular weight excluding hydrogens is 418 g/mol. The molecule has 1 N–H and O–H groups in total. The van der Waals surface area contributed by atoms with Crippen LogP contribution in [-0.4, -0.2) is 64.1 Å². The summed E-state index contributed by atoms with van der Waals surface area (Å²) in [5.41, 5.74) is 4.32. The summed E-state index contributed by atoms with van der Waals surface area (Å²) in [4.78, 5) is 33.5. The predicted octanol–water partition coefficient (Wildman–Crippen LogP) is 3.89. The lowest BCUT2D eigenvalue weighted by Crippen LogP contribution is -2.48. The van der Waals surface area contributed by atoms with Crippen molar-refractivity contribution in [2.75, 3.05) is 38.1 Å². The Balaban J connectivity index is 1.46. The highest BCUT2D eigenvalue weighted by Gasteiger charge is 2.23. The highest BCUT2D eigenvalue weighted by Crippen LogP contribution is 2.22. The Morgan fingerprint density at radius 1 is 1.06 bits per heavy atom. The number of carbonyl (C=O) groups excluding carboxylic acids is 2. The second-order valence-corrected chi connectivity index (χ2v) is 8.26. The molecule has 174 valence electrons. The van der Waals surface area contributed by atoms with E-state index in [9.17, 15) is 9.59 Å². The minimum atomic E-state index is -0.238. The van der Waals surface area contributed by atoms with E-state index in [2.05, 4.69) is 21.7 Å². The summed E-state index contributed by atoms with van der Waals surface area (Å²) in [6, 6.07) is 13.4. The molecule has 1 aliphatic heterocycles. The van der Waals surface area contributed by atoms with Crippen LogP contribution in [0.15, 0.2) is 42.5 Å². The van der Waals surface area contributed by atoms with Crippen LogP contribution in [0, 0.1) is 6.92 Å². The first-order chi connectivity index (χ1) is 16.0. The number of amides is 2. The van der Waals surface area contributed by atoms with Crippen LogP contribution in [0.1, 0.15) is 35.6 Å². The molecule has 0 unspecified atom stereocenters. The number of anilines is 1. The molecule has 8 nitrogen and oxygen atoms in total. The Labute approximate surface area is 194 Å². The van der Waals surface area contributed by atoms with Crippen LogP contribution >= 0.6 is 0 Å². The normalized spacial score (nSPS) is 14.5. The van der Waals surface area contributed by atoms with E-state index >= 15 is 0 Å². The molecule has 4 rings (SSSR count). The third-order valence-electron chi connectivity index (χ3n) is 5.94. The van der Waals surface area contributed by atoms with Crippen LogP contribution in [0.2, 0.25) is 0 Å². The first-order valence-corrected chi connectivity index (χ1v) is 11.5. The zero-order valence-corrected chi connectivity index (χ0v) is 19.5. The fourth-order valence-corrected chi connectivity index (χ4v) is 4.22. The van der Waals surface area contributed by atoms with Gasteiger partial charge in [0.15, 0.2) is 0 Å². The molecule has 2 heterocycles. The highest BCUT2D eigenvalue weighted by atomic mass is 16.6. The summed E-state index contributed by atoms with van der Waals surface area (Å²) >= 11 is 0. The number of imidazole rings is 1. The van der Waals surface area contributed by atoms with E-state index in [1.165, 1.54) is 0 Å². The molecule has 1 fully saturated rings. The zero-order valence-electron chi connectivity index (χ0n) is 19.5. The fraction of sp³-hybridized carbons (Fsp3) is 0.400. The number of fused-ring (bicyclic) bond motifs is 1. The number of ether oxygens (including phenoxy) is 1. The van der Waals surface area contributed by atoms with Crippen molar-refractivity contribution < 1.29 is 14.3 Å². The Morgan fingerprint density at radius 3 is 2.55 bits per heavy atom. The monoisotopic (exact) mass is 449 g/mol. The third kappa shape index (κ3) is 5.17. The molecule has 0 bridgehead atoms. The van der Waals surface area contributed by atoms with Crippen molar-refractivity contribution in [3.05, 3.63) is 59.4 Å². The van der Waals surface area contributed by atoms with E-state index in [0.29, 0.717) is 31.8 Å². The van der Waals surface area contributed by atoms with Crippen LogP contribution in [0.3, 0.4) is 0 Å². The number of rotatable bonds is 6. The summed E-state index contributed by atoms with van der Waals surface area (Å²) in [5, 5.41) is 2.98. The number of piperazine rings is 1. The van der Waals surface area contributed by atoms with Gasteiger partial charge in [-0.3, -0.25) is 9.69 Å². The van der Waals surface area contributed by atoms with Crippen LogP contribution < -0.4 is 5.32 Å². The molecule has 0 aliphatic carbocycles. The average Bonchev–Trinajstić information content (AvgIpc) is 3.15. The number of hydrogen-bond acceptors (Lipinski definition) is 5. The minimum absolute atomic E-state index is 0.132. The van der Waals surface area contributed by atoms with Crippen LogP contribution in [0.5, 0.6) is 0 Å². The fourth-order valence-electron chi connectivity index (χ4n) is 4.22. The molecule has 33 heavy (non-hydrogen) atoms. The number of nitrogens with zero attached hydrogens (tertiary/aromatic N) is 4. The molecule has 0 atom stereocenters. The van der Waals surface area contributed by atoms with E-state index in [4.69, 9.17) is 9.72 Å². The maximum absolute atomic E-state index is 12.6. The first kappa shape index (κ1) is 22.8. The second kappa shape index (κ2) is 10.0. The van der Waals surface area contributed by atoms with Crippen molar-refractivity contribution in [1.29, 1.82) is 0 Å². The Kier molecular flexibility index (Phi) is 6.93. The standard InChI is InChI=1S/C25H31N5O3/c1-4-30-22-10-9-20(26-24(31)19-8-6-7-18(3)15-19)16-21(22)27-23(30)17-28-11-13-29(14-12-28)25(32)33-5-2/h6-10,15-16H,4-5,11-14,17H2,1-3H3,(H,26,31). The molecule has 0 saturated carbocycles. The largest absolute Gasteiger partial charge is 0.450 e. The van der Waals surface area contributed by atoms with Gasteiger partial charge >= 0.3 is 6.09 Å². The van der Waals surface area contributed by atoms with Gasteiger partial charge in [-0.1, -0.05) is 17.7 Å². The number of carbonyl (C=O) groups is 2. The van der Waals surface area contributed by atoms with Crippen molar-refractivity contribution in [2.24, 2.45) is 0 Å². The summed E-state index contributed by atoms with van der Waals surface area (Å²) in [7, 11) is 0. The number of benzene rings is 2. The number of aryl methyl sites for hydroxylation is 2. The lowest BCUT2D eigenvalue weighted by atomic mass is 10.1. The summed E-state index contributed by atoms with van der Waals surface area (Å²) in [5.74, 6) is 0.854. The van der Waals surface area contributed by atoms with Crippen LogP contribution in [0.25, 0.3) is 11.0 Å². The van der Waals surface area contributed by atoms with Gasteiger partial charge in [-0.2, -0.15) is 0 Å². The smallest absolute Gasteiger partial charge is 0.409 e. The molecule has 2 aromatic carbocycles. The number of nitrogens with one attached hydrogen (secondary N) is 1. The Hall–Kier alpha value is -3.39. The summed E-state index contributed by atoms with van der Waals surface area (Å²) < 4.78 is 7.31. The van der Waals surface area contributed by atoms with Gasteiger partial charge in [-0.25, -0.2) is 9.78 Å². The van der Waals surface area contributed by atoms with Gasteiger partial charge in [0.2, 0.25) is 0 Å². The predicted molar refractivity (Wildman–Crippen MR) is 128 cm³/mol. The van der Waals surface area contributed by atoms with Crippen molar-refractivity contribution >= 4 is 28.7 Å². The van der Waals surface area contributed by atoms with Crippen LogP contribution in [-0.2, 0) is 17.8 Å². The van der Waals surface area contributed by atoms with E-state index in [1.54, 1.807) is 4.90 Å². The van der Waals surface area contributed by atoms with E-state index in [0.717, 1.165) is 47.7 Å². The second-order valence-electron chi connectivity index (χ2n) is 8.26. The van der Waals surface area contributed by atoms with E-state index < -0.39 is 0 Å². The lowest BCUT2D eigenvalue weighted by molar-refractivity contribution is 0.0769. The molecule has 0 radical (unpaired) electrons. The van der Waals surface area contributed by atoms with Gasteiger partial charge in [-0.15, -0.1) is 0 Å². The lowest BCUT2D eigenvalue weighted by Gasteiger charge is -2.33. The summed E-state index contributed by atoms with van der Waals surface area (Å²) in [6.07, 6.45) is -0.238. The van der Waals surface area contributed by atoms with Crippen molar-refractivity contribution in [3.8, 4) is 0 Å². The van der Waals surface area contributed by atoms with Gasteiger partial charge in [-0.05, 0) is 51.1 Å². The Morgan fingerprint density at radius 2 is 1.85 bits per heavy atom. The SMILES string of the molecule is CCOC(=O)N1CCN(Cc2nc3cc(NC(=O)c4cccc(C)c4)ccc3n2CC)CC1. The molecule has 3 aromatic rings. The van der Waals surface area contributed by atoms with E-state index in [1.807, 2.05) is 56.3 Å². The first-order valence-electron chi connectivity index (χ1n) is 11.5. The topological polar surface area (TPSA) is 79.7 Å². The number of aromatic nitrogens is 2. The molecule has 1 aromatic heterocycles. The summed E-state index contributed by atoms with van der Waals surface area (Å²) in [6.45, 7) is 10.7. The van der Waals surface area contributed by atoms with Gasteiger partial charge < -0.3 is 19.5 Å². The van der Waals surface area contributed by atoms with Gasteiger partial charge in [0.1, 0.15) is 5.82 Å². The molecule has 1 saturated heterocycles. The molecule has 2 amide bonds. The third-order valence-corrected chi connectivity index (χ3v) is 5.94. The molecule has 0 spiro atoms. The zero-order chi connectivity index (χ0) is 23.4. The molecule has 8 heteroatoms. The van der Waals surface area contributed by atoms with Crippen LogP contribution in [0.4, 0.5) is 10.5 Å². The van der Waals surface area contributed by atoms with Gasteiger partial charge in [0.05, 0.1) is 24.2 Å². The molecular formula is C25H31N5O3. The van der Waals surface area contributed by atoms with Crippen molar-refractivity contribution in [2.45, 2.75) is 33.9 Å². The quantitative estimate of drug-likeness (QED) is 0.618. The maximum Gasteiger partial charge on any atom is 0.409 e. The van der Waals surface area contributed by atoms with Gasteiger partial charge in [0, 0.05) is 44.0 Å². The maximum atomic E-state index is 12.6.